The van der Waals surface area contributed by atoms with Crippen molar-refractivity contribution in [3.63, 3.8) is 0 Å². The molecule has 1 aliphatic rings. The molecule has 0 radical (unpaired) electrons. The van der Waals surface area contributed by atoms with Crippen molar-refractivity contribution in [1.82, 2.24) is 5.32 Å². The van der Waals surface area contributed by atoms with Gasteiger partial charge in [-0.2, -0.15) is 0 Å². The summed E-state index contributed by atoms with van der Waals surface area (Å²) < 4.78 is 0. The lowest BCUT2D eigenvalue weighted by Crippen LogP contribution is -2.28. The topological polar surface area (TPSA) is 70.6 Å². The Balaban J connectivity index is 1.64. The number of amides is 2. The molecule has 1 atom stereocenters. The minimum absolute atomic E-state index is 0.108. The lowest BCUT2D eigenvalue weighted by molar-refractivity contribution is -0.122. The first-order chi connectivity index (χ1) is 12.4. The molecule has 0 aromatic heterocycles. The lowest BCUT2D eigenvalue weighted by Gasteiger charge is -2.11. The van der Waals surface area contributed by atoms with E-state index in [1.54, 1.807) is 0 Å². The smallest absolute Gasteiger partial charge is 0.240 e. The second-order valence-corrected chi connectivity index (χ2v) is 7.54. The van der Waals surface area contributed by atoms with Gasteiger partial charge >= 0.3 is 0 Å². The van der Waals surface area contributed by atoms with Gasteiger partial charge in [0, 0.05) is 12.1 Å². The van der Waals surface area contributed by atoms with Crippen LogP contribution in [0.2, 0.25) is 0 Å². The minimum atomic E-state index is -0.469. The first-order valence-electron chi connectivity index (χ1n) is 8.41. The Labute approximate surface area is 157 Å². The van der Waals surface area contributed by atoms with Crippen LogP contribution in [-0.4, -0.2) is 22.2 Å². The van der Waals surface area contributed by atoms with Gasteiger partial charge in [0.25, 0.3) is 0 Å². The highest BCUT2D eigenvalue weighted by Crippen LogP contribution is 2.26. The van der Waals surface area contributed by atoms with Crippen molar-refractivity contribution in [3.05, 3.63) is 59.2 Å². The van der Waals surface area contributed by atoms with Gasteiger partial charge in [0.15, 0.2) is 5.17 Å². The van der Waals surface area contributed by atoms with Gasteiger partial charge in [-0.1, -0.05) is 36.0 Å². The van der Waals surface area contributed by atoms with Crippen molar-refractivity contribution in [3.8, 4) is 0 Å². The summed E-state index contributed by atoms with van der Waals surface area (Å²) in [5.74, 6) is -0.360. The number of carbonyl (C=O) groups is 2. The number of thioether (sulfide) groups is 1. The summed E-state index contributed by atoms with van der Waals surface area (Å²) in [6.45, 7) is 5.96. The van der Waals surface area contributed by atoms with E-state index in [0.717, 1.165) is 28.1 Å². The SMILES string of the molecule is Cc1cccc(N=C2NC(=O)C(CC(=O)Nc3cccc(C)c3C)S2)c1. The predicted molar refractivity (Wildman–Crippen MR) is 107 cm³/mol. The van der Waals surface area contributed by atoms with E-state index in [2.05, 4.69) is 15.6 Å². The van der Waals surface area contributed by atoms with Crippen LogP contribution in [-0.2, 0) is 9.59 Å². The van der Waals surface area contributed by atoms with Gasteiger partial charge in [-0.25, -0.2) is 4.99 Å². The third kappa shape index (κ3) is 4.32. The molecule has 2 amide bonds. The van der Waals surface area contributed by atoms with E-state index < -0.39 is 5.25 Å². The molecule has 5 nitrogen and oxygen atoms in total. The Bertz CT molecular complexity index is 892. The van der Waals surface area contributed by atoms with Gasteiger partial charge in [0.05, 0.1) is 5.69 Å². The zero-order valence-corrected chi connectivity index (χ0v) is 15.8. The van der Waals surface area contributed by atoms with E-state index in [0.29, 0.717) is 5.17 Å². The number of hydrogen-bond donors (Lipinski definition) is 2. The molecule has 2 N–H and O–H groups in total. The van der Waals surface area contributed by atoms with Crippen LogP contribution in [0.15, 0.2) is 47.5 Å². The van der Waals surface area contributed by atoms with Gasteiger partial charge in [0.1, 0.15) is 5.25 Å². The van der Waals surface area contributed by atoms with Crippen LogP contribution < -0.4 is 10.6 Å². The first-order valence-corrected chi connectivity index (χ1v) is 9.29. The number of nitrogens with zero attached hydrogens (tertiary/aromatic N) is 1. The van der Waals surface area contributed by atoms with Crippen molar-refractivity contribution in [2.75, 3.05) is 5.32 Å². The molecular weight excluding hydrogens is 346 g/mol. The molecule has 1 heterocycles. The van der Waals surface area contributed by atoms with Gasteiger partial charge in [-0.15, -0.1) is 0 Å². The molecule has 1 saturated heterocycles. The van der Waals surface area contributed by atoms with Crippen LogP contribution in [0.4, 0.5) is 11.4 Å². The molecule has 1 aliphatic heterocycles. The highest BCUT2D eigenvalue weighted by molar-refractivity contribution is 8.15. The molecule has 1 fully saturated rings. The number of nitrogens with one attached hydrogen (secondary N) is 2. The summed E-state index contributed by atoms with van der Waals surface area (Å²) >= 11 is 1.29. The zero-order chi connectivity index (χ0) is 18.7. The normalized spacial score (nSPS) is 18.0. The van der Waals surface area contributed by atoms with Crippen LogP contribution in [0.25, 0.3) is 0 Å². The highest BCUT2D eigenvalue weighted by Gasteiger charge is 2.32. The quantitative estimate of drug-likeness (QED) is 0.862. The number of amidine groups is 1. The maximum atomic E-state index is 12.3. The standard InChI is InChI=1S/C20H21N3O2S/c1-12-6-4-8-15(10-12)21-20-23-19(25)17(26-20)11-18(24)22-16-9-5-7-13(2)14(16)3/h4-10,17H,11H2,1-3H3,(H,22,24)(H,21,23,25). The van der Waals surface area contributed by atoms with Crippen LogP contribution in [0.3, 0.4) is 0 Å². The molecule has 3 rings (SSSR count). The number of anilines is 1. The number of rotatable bonds is 4. The van der Waals surface area contributed by atoms with Crippen molar-refractivity contribution in [1.29, 1.82) is 0 Å². The maximum absolute atomic E-state index is 12.3. The van der Waals surface area contributed by atoms with E-state index in [9.17, 15) is 9.59 Å². The minimum Gasteiger partial charge on any atom is -0.326 e. The highest BCUT2D eigenvalue weighted by atomic mass is 32.2. The van der Waals surface area contributed by atoms with Crippen molar-refractivity contribution < 1.29 is 9.59 Å². The molecule has 134 valence electrons. The fraction of sp³-hybridized carbons (Fsp3) is 0.250. The Hall–Kier alpha value is -2.60. The van der Waals surface area contributed by atoms with E-state index in [1.807, 2.05) is 63.2 Å². The number of benzene rings is 2. The van der Waals surface area contributed by atoms with Crippen LogP contribution >= 0.6 is 11.8 Å². The molecule has 2 aromatic rings. The number of carbonyl (C=O) groups excluding carboxylic acids is 2. The van der Waals surface area contributed by atoms with Crippen molar-refractivity contribution in [2.24, 2.45) is 4.99 Å². The molecule has 0 spiro atoms. The number of aryl methyl sites for hydroxylation is 2. The van der Waals surface area contributed by atoms with Gasteiger partial charge in [0.2, 0.25) is 11.8 Å². The number of aliphatic imine (C=N–C) groups is 1. The summed E-state index contributed by atoms with van der Waals surface area (Å²) in [5, 5.41) is 5.72. The van der Waals surface area contributed by atoms with E-state index >= 15 is 0 Å². The largest absolute Gasteiger partial charge is 0.326 e. The maximum Gasteiger partial charge on any atom is 0.240 e. The van der Waals surface area contributed by atoms with Crippen LogP contribution in [0, 0.1) is 20.8 Å². The first kappa shape index (κ1) is 18.2. The van der Waals surface area contributed by atoms with Gasteiger partial charge in [-0.3, -0.25) is 9.59 Å². The van der Waals surface area contributed by atoms with Crippen molar-refractivity contribution >= 4 is 40.1 Å². The average Bonchev–Trinajstić information content (AvgIpc) is 2.91. The summed E-state index contributed by atoms with van der Waals surface area (Å²) in [7, 11) is 0. The van der Waals surface area contributed by atoms with E-state index in [4.69, 9.17) is 0 Å². The van der Waals surface area contributed by atoms with Gasteiger partial charge < -0.3 is 10.6 Å². The molecule has 6 heteroatoms. The van der Waals surface area contributed by atoms with Crippen LogP contribution in [0.5, 0.6) is 0 Å². The molecular formula is C20H21N3O2S. The lowest BCUT2D eigenvalue weighted by atomic mass is 10.1. The fourth-order valence-corrected chi connectivity index (χ4v) is 3.65. The third-order valence-electron chi connectivity index (χ3n) is 4.26. The molecule has 26 heavy (non-hydrogen) atoms. The van der Waals surface area contributed by atoms with Crippen molar-refractivity contribution in [2.45, 2.75) is 32.4 Å². The monoisotopic (exact) mass is 367 g/mol. The zero-order valence-electron chi connectivity index (χ0n) is 15.0. The van der Waals surface area contributed by atoms with Crippen LogP contribution in [0.1, 0.15) is 23.1 Å². The number of hydrogen-bond acceptors (Lipinski definition) is 4. The Kier molecular flexibility index (Phi) is 5.42. The average molecular weight is 367 g/mol. The Morgan fingerprint density at radius 3 is 2.73 bits per heavy atom. The summed E-state index contributed by atoms with van der Waals surface area (Å²) in [4.78, 5) is 29.0. The molecule has 2 aromatic carbocycles. The molecule has 1 unspecified atom stereocenters. The van der Waals surface area contributed by atoms with Gasteiger partial charge in [-0.05, 0) is 55.7 Å². The third-order valence-corrected chi connectivity index (χ3v) is 5.34. The Morgan fingerprint density at radius 1 is 1.19 bits per heavy atom. The Morgan fingerprint density at radius 2 is 1.96 bits per heavy atom. The molecule has 0 bridgehead atoms. The summed E-state index contributed by atoms with van der Waals surface area (Å²) in [6, 6.07) is 13.5. The fourth-order valence-electron chi connectivity index (χ4n) is 2.66. The molecule has 0 aliphatic carbocycles. The second-order valence-electron chi connectivity index (χ2n) is 6.35. The predicted octanol–water partition coefficient (Wildman–Crippen LogP) is 3.86. The summed E-state index contributed by atoms with van der Waals surface area (Å²) in [5.41, 5.74) is 4.82. The van der Waals surface area contributed by atoms with E-state index in [-0.39, 0.29) is 18.2 Å². The second kappa shape index (κ2) is 7.74. The van der Waals surface area contributed by atoms with E-state index in [1.165, 1.54) is 11.8 Å². The summed E-state index contributed by atoms with van der Waals surface area (Å²) in [6.07, 6.45) is 0.108. The molecule has 0 saturated carbocycles.